The molecule has 2 aromatic heterocycles. The van der Waals surface area contributed by atoms with Crippen molar-refractivity contribution in [1.82, 2.24) is 9.61 Å². The van der Waals surface area contributed by atoms with E-state index in [2.05, 4.69) is 16.9 Å². The van der Waals surface area contributed by atoms with Gasteiger partial charge >= 0.3 is 5.97 Å². The molecule has 4 heteroatoms. The molecule has 0 bridgehead atoms. The van der Waals surface area contributed by atoms with Crippen molar-refractivity contribution in [2.75, 3.05) is 0 Å². The van der Waals surface area contributed by atoms with Gasteiger partial charge in [0.1, 0.15) is 0 Å². The standard InChI is InChI=1S/C10H6N2O2/c13-10(14)5-4-8-7-11-12-6-2-1-3-9(8)12/h1-3,6-7H,(H,13,14). The summed E-state index contributed by atoms with van der Waals surface area (Å²) in [5, 5.41) is 12.4. The van der Waals surface area contributed by atoms with Crippen LogP contribution in [0.4, 0.5) is 0 Å². The summed E-state index contributed by atoms with van der Waals surface area (Å²) in [4.78, 5) is 10.2. The number of pyridine rings is 1. The number of rotatable bonds is 0. The minimum Gasteiger partial charge on any atom is -0.472 e. The van der Waals surface area contributed by atoms with Gasteiger partial charge in [-0.15, -0.1) is 0 Å². The van der Waals surface area contributed by atoms with Crippen molar-refractivity contribution < 1.29 is 9.90 Å². The second-order valence-corrected chi connectivity index (χ2v) is 2.64. The second-order valence-electron chi connectivity index (χ2n) is 2.64. The highest BCUT2D eigenvalue weighted by molar-refractivity contribution is 5.87. The fraction of sp³-hybridized carbons (Fsp3) is 0. The lowest BCUT2D eigenvalue weighted by molar-refractivity contribution is -0.130. The molecule has 2 rings (SSSR count). The van der Waals surface area contributed by atoms with Crippen LogP contribution in [-0.2, 0) is 4.79 Å². The molecule has 0 aliphatic heterocycles. The van der Waals surface area contributed by atoms with Gasteiger partial charge in [0.2, 0.25) is 0 Å². The molecule has 1 N–H and O–H groups in total. The van der Waals surface area contributed by atoms with Crippen molar-refractivity contribution in [3.05, 3.63) is 36.2 Å². The molecule has 0 aliphatic rings. The number of nitrogens with zero attached hydrogens (tertiary/aromatic N) is 2. The van der Waals surface area contributed by atoms with E-state index in [1.165, 1.54) is 0 Å². The molecule has 4 nitrogen and oxygen atoms in total. The van der Waals surface area contributed by atoms with Crippen LogP contribution in [-0.4, -0.2) is 20.7 Å². The predicted molar refractivity (Wildman–Crippen MR) is 49.7 cm³/mol. The number of fused-ring (bicyclic) bond motifs is 1. The Labute approximate surface area is 79.8 Å². The molecule has 0 fully saturated rings. The van der Waals surface area contributed by atoms with E-state index in [1.807, 2.05) is 18.2 Å². The van der Waals surface area contributed by atoms with Gasteiger partial charge in [0.05, 0.1) is 17.3 Å². The van der Waals surface area contributed by atoms with Crippen LogP contribution in [0.3, 0.4) is 0 Å². The van der Waals surface area contributed by atoms with E-state index < -0.39 is 5.97 Å². The monoisotopic (exact) mass is 186 g/mol. The van der Waals surface area contributed by atoms with Crippen molar-refractivity contribution in [3.63, 3.8) is 0 Å². The third-order valence-corrected chi connectivity index (χ3v) is 1.73. The average molecular weight is 186 g/mol. The molecule has 0 spiro atoms. The quantitative estimate of drug-likeness (QED) is 0.618. The zero-order valence-electron chi connectivity index (χ0n) is 7.14. The van der Waals surface area contributed by atoms with Crippen molar-refractivity contribution in [2.45, 2.75) is 0 Å². The molecule has 0 unspecified atom stereocenters. The molecule has 0 saturated carbocycles. The summed E-state index contributed by atoms with van der Waals surface area (Å²) in [6.45, 7) is 0. The zero-order chi connectivity index (χ0) is 9.97. The molecule has 2 heterocycles. The number of carboxylic acids is 1. The van der Waals surface area contributed by atoms with Crippen molar-refractivity contribution in [3.8, 4) is 11.8 Å². The smallest absolute Gasteiger partial charge is 0.382 e. The maximum Gasteiger partial charge on any atom is 0.382 e. The molecule has 0 saturated heterocycles. The Morgan fingerprint density at radius 1 is 1.50 bits per heavy atom. The van der Waals surface area contributed by atoms with Crippen LogP contribution in [0.15, 0.2) is 30.6 Å². The van der Waals surface area contributed by atoms with Gasteiger partial charge < -0.3 is 5.11 Å². The molecule has 0 aliphatic carbocycles. The molecular weight excluding hydrogens is 180 g/mol. The Bertz CT molecular complexity index is 546. The van der Waals surface area contributed by atoms with Crippen LogP contribution < -0.4 is 0 Å². The van der Waals surface area contributed by atoms with Crippen LogP contribution >= 0.6 is 0 Å². The Hall–Kier alpha value is -2.28. The summed E-state index contributed by atoms with van der Waals surface area (Å²) in [5.74, 6) is 3.45. The number of hydrogen-bond acceptors (Lipinski definition) is 2. The van der Waals surface area contributed by atoms with Crippen LogP contribution in [0.2, 0.25) is 0 Å². The maximum absolute atomic E-state index is 10.2. The number of carboxylic acid groups (broad SMARTS) is 1. The van der Waals surface area contributed by atoms with Gasteiger partial charge in [-0.1, -0.05) is 12.0 Å². The lowest BCUT2D eigenvalue weighted by Crippen LogP contribution is -1.87. The minimum absolute atomic E-state index is 0.619. The normalized spacial score (nSPS) is 9.43. The average Bonchev–Trinajstić information content (AvgIpc) is 2.58. The highest BCUT2D eigenvalue weighted by Crippen LogP contribution is 2.07. The van der Waals surface area contributed by atoms with Crippen molar-refractivity contribution >= 4 is 11.5 Å². The van der Waals surface area contributed by atoms with Gasteiger partial charge in [0.25, 0.3) is 0 Å². The molecule has 0 amide bonds. The maximum atomic E-state index is 10.2. The summed E-state index contributed by atoms with van der Waals surface area (Å²) in [6.07, 6.45) is 3.33. The third kappa shape index (κ3) is 1.43. The Kier molecular flexibility index (Phi) is 1.92. The highest BCUT2D eigenvalue weighted by atomic mass is 16.4. The van der Waals surface area contributed by atoms with E-state index in [0.717, 1.165) is 5.52 Å². The minimum atomic E-state index is -1.14. The fourth-order valence-electron chi connectivity index (χ4n) is 1.15. The summed E-state index contributed by atoms with van der Waals surface area (Å²) in [7, 11) is 0. The lowest BCUT2D eigenvalue weighted by Gasteiger charge is -1.89. The Morgan fingerprint density at radius 3 is 3.14 bits per heavy atom. The number of aromatic nitrogens is 2. The first kappa shape index (κ1) is 8.32. The SMILES string of the molecule is O=C(O)C#Cc1cnn2ccccc12. The van der Waals surface area contributed by atoms with Crippen molar-refractivity contribution in [1.29, 1.82) is 0 Å². The Morgan fingerprint density at radius 2 is 2.36 bits per heavy atom. The molecule has 68 valence electrons. The highest BCUT2D eigenvalue weighted by Gasteiger charge is 1.98. The van der Waals surface area contributed by atoms with E-state index in [4.69, 9.17) is 5.11 Å². The van der Waals surface area contributed by atoms with E-state index in [0.29, 0.717) is 5.56 Å². The fourth-order valence-corrected chi connectivity index (χ4v) is 1.15. The number of carbonyl (C=O) groups is 1. The first-order chi connectivity index (χ1) is 6.77. The van der Waals surface area contributed by atoms with Gasteiger partial charge in [0.15, 0.2) is 0 Å². The van der Waals surface area contributed by atoms with E-state index in [-0.39, 0.29) is 0 Å². The molecule has 14 heavy (non-hydrogen) atoms. The van der Waals surface area contributed by atoms with Gasteiger partial charge in [0, 0.05) is 12.1 Å². The van der Waals surface area contributed by atoms with E-state index in [9.17, 15) is 4.79 Å². The van der Waals surface area contributed by atoms with Crippen molar-refractivity contribution in [2.24, 2.45) is 0 Å². The van der Waals surface area contributed by atoms with Gasteiger partial charge in [-0.05, 0) is 12.1 Å². The Balaban J connectivity index is 2.55. The van der Waals surface area contributed by atoms with Crippen LogP contribution in [0.25, 0.3) is 5.52 Å². The van der Waals surface area contributed by atoms with Crippen LogP contribution in [0.5, 0.6) is 0 Å². The van der Waals surface area contributed by atoms with Gasteiger partial charge in [-0.3, -0.25) is 0 Å². The molecule has 0 aromatic carbocycles. The van der Waals surface area contributed by atoms with Crippen LogP contribution in [0.1, 0.15) is 5.56 Å². The molecular formula is C10H6N2O2. The number of aliphatic carboxylic acids is 1. The molecule has 2 aromatic rings. The second kappa shape index (κ2) is 3.23. The van der Waals surface area contributed by atoms with E-state index in [1.54, 1.807) is 16.9 Å². The van der Waals surface area contributed by atoms with Gasteiger partial charge in [-0.25, -0.2) is 9.31 Å². The summed E-state index contributed by atoms with van der Waals surface area (Å²) < 4.78 is 1.64. The lowest BCUT2D eigenvalue weighted by atomic mass is 10.2. The third-order valence-electron chi connectivity index (χ3n) is 1.73. The summed E-state index contributed by atoms with van der Waals surface area (Å²) in [6, 6.07) is 5.52. The van der Waals surface area contributed by atoms with Crippen LogP contribution in [0, 0.1) is 11.8 Å². The van der Waals surface area contributed by atoms with E-state index >= 15 is 0 Å². The summed E-state index contributed by atoms with van der Waals surface area (Å²) >= 11 is 0. The van der Waals surface area contributed by atoms with Gasteiger partial charge in [-0.2, -0.15) is 5.10 Å². The molecule has 0 radical (unpaired) electrons. The largest absolute Gasteiger partial charge is 0.472 e. The summed E-state index contributed by atoms with van der Waals surface area (Å²) in [5.41, 5.74) is 1.43. The zero-order valence-corrected chi connectivity index (χ0v) is 7.14. The predicted octanol–water partition coefficient (Wildman–Crippen LogP) is 0.770. The topological polar surface area (TPSA) is 54.6 Å². The first-order valence-electron chi connectivity index (χ1n) is 3.95. The first-order valence-corrected chi connectivity index (χ1v) is 3.95. The number of hydrogen-bond donors (Lipinski definition) is 1. The molecule has 0 atom stereocenters.